The Morgan fingerprint density at radius 2 is 2.03 bits per heavy atom. The van der Waals surface area contributed by atoms with E-state index < -0.39 is 0 Å². The number of aryl methyl sites for hydroxylation is 1. The van der Waals surface area contributed by atoms with Crippen molar-refractivity contribution in [1.82, 2.24) is 19.9 Å². The Morgan fingerprint density at radius 3 is 2.70 bits per heavy atom. The summed E-state index contributed by atoms with van der Waals surface area (Å²) >= 11 is 0. The van der Waals surface area contributed by atoms with Gasteiger partial charge < -0.3 is 24.1 Å². The van der Waals surface area contributed by atoms with Crippen molar-refractivity contribution in [1.29, 1.82) is 0 Å². The zero-order valence-electron chi connectivity index (χ0n) is 17.6. The third kappa shape index (κ3) is 3.65. The van der Waals surface area contributed by atoms with Gasteiger partial charge in [0.25, 0.3) is 0 Å². The lowest BCUT2D eigenvalue weighted by Gasteiger charge is -2.22. The number of pyridine rings is 1. The zero-order valence-corrected chi connectivity index (χ0v) is 17.6. The Labute approximate surface area is 175 Å². The number of hydrogen-bond acceptors (Lipinski definition) is 6. The van der Waals surface area contributed by atoms with Crippen molar-refractivity contribution in [3.63, 3.8) is 0 Å². The van der Waals surface area contributed by atoms with Gasteiger partial charge in [0.2, 0.25) is 11.8 Å². The summed E-state index contributed by atoms with van der Waals surface area (Å²) < 4.78 is 19.1. The molecule has 0 radical (unpaired) electrons. The largest absolute Gasteiger partial charge is 0.493 e. The number of methoxy groups -OCH3 is 2. The van der Waals surface area contributed by atoms with E-state index in [1.165, 1.54) is 0 Å². The minimum Gasteiger partial charge on any atom is -0.493 e. The SMILES string of the molecule is CC[C@@H](Oc1nc(-c2ccc(OC)c(OC)c2)cc2ncn(C)c12)C1CNC(=O)C1. The van der Waals surface area contributed by atoms with Gasteiger partial charge in [-0.25, -0.2) is 9.97 Å². The second-order valence-electron chi connectivity index (χ2n) is 7.44. The molecule has 1 aromatic carbocycles. The predicted octanol–water partition coefficient (Wildman–Crippen LogP) is 2.95. The topological polar surface area (TPSA) is 87.5 Å². The standard InChI is InChI=1S/C22H26N4O4/c1-5-17(14-9-20(27)23-11-14)30-22-21-16(24-12-26(21)2)10-15(25-22)13-6-7-18(28-3)19(8-13)29-4/h6-8,10,12,14,17H,5,9,11H2,1-4H3,(H,23,27)/t14?,17-/m1/s1. The monoisotopic (exact) mass is 410 g/mol. The lowest BCUT2D eigenvalue weighted by atomic mass is 9.99. The molecule has 1 amide bonds. The highest BCUT2D eigenvalue weighted by molar-refractivity contribution is 5.85. The summed E-state index contributed by atoms with van der Waals surface area (Å²) in [6, 6.07) is 7.60. The molecule has 1 saturated heterocycles. The Kier molecular flexibility index (Phi) is 5.48. The zero-order chi connectivity index (χ0) is 21.3. The first-order valence-corrected chi connectivity index (χ1v) is 10.0. The van der Waals surface area contributed by atoms with Crippen LogP contribution in [-0.4, -0.2) is 47.3 Å². The third-order valence-corrected chi connectivity index (χ3v) is 5.54. The van der Waals surface area contributed by atoms with Crippen molar-refractivity contribution in [3.05, 3.63) is 30.6 Å². The van der Waals surface area contributed by atoms with Crippen molar-refractivity contribution < 1.29 is 19.0 Å². The number of hydrogen-bond donors (Lipinski definition) is 1. The maximum absolute atomic E-state index is 11.7. The van der Waals surface area contributed by atoms with E-state index in [4.69, 9.17) is 19.2 Å². The highest BCUT2D eigenvalue weighted by atomic mass is 16.5. The van der Waals surface area contributed by atoms with Crippen LogP contribution in [0.15, 0.2) is 30.6 Å². The fourth-order valence-electron chi connectivity index (χ4n) is 3.91. The molecule has 1 unspecified atom stereocenters. The van der Waals surface area contributed by atoms with Crippen LogP contribution in [0.1, 0.15) is 19.8 Å². The summed E-state index contributed by atoms with van der Waals surface area (Å²) in [5.74, 6) is 1.99. The van der Waals surface area contributed by atoms with Crippen molar-refractivity contribution >= 4 is 16.9 Å². The summed E-state index contributed by atoms with van der Waals surface area (Å²) in [4.78, 5) is 21.0. The molecule has 1 aliphatic heterocycles. The quantitative estimate of drug-likeness (QED) is 0.644. The summed E-state index contributed by atoms with van der Waals surface area (Å²) in [7, 11) is 5.13. The molecule has 1 aliphatic rings. The van der Waals surface area contributed by atoms with Crippen LogP contribution < -0.4 is 19.5 Å². The first-order chi connectivity index (χ1) is 14.5. The maximum atomic E-state index is 11.7. The Hall–Kier alpha value is -3.29. The maximum Gasteiger partial charge on any atom is 0.241 e. The van der Waals surface area contributed by atoms with Crippen molar-refractivity contribution in [3.8, 4) is 28.6 Å². The first kappa shape index (κ1) is 20.0. The molecule has 0 saturated carbocycles. The molecule has 2 aromatic heterocycles. The number of ether oxygens (including phenoxy) is 3. The van der Waals surface area contributed by atoms with Gasteiger partial charge in [-0.1, -0.05) is 6.92 Å². The van der Waals surface area contributed by atoms with Gasteiger partial charge in [0.05, 0.1) is 31.8 Å². The van der Waals surface area contributed by atoms with Gasteiger partial charge in [-0.2, -0.15) is 0 Å². The van der Waals surface area contributed by atoms with Crippen molar-refractivity contribution in [2.75, 3.05) is 20.8 Å². The second kappa shape index (κ2) is 8.22. The Balaban J connectivity index is 1.76. The minimum atomic E-state index is -0.116. The smallest absolute Gasteiger partial charge is 0.241 e. The Bertz CT molecular complexity index is 1080. The summed E-state index contributed by atoms with van der Waals surface area (Å²) in [5, 5.41) is 2.89. The van der Waals surface area contributed by atoms with Gasteiger partial charge in [0.15, 0.2) is 11.5 Å². The van der Waals surface area contributed by atoms with Gasteiger partial charge in [0.1, 0.15) is 11.6 Å². The summed E-state index contributed by atoms with van der Waals surface area (Å²) in [5.41, 5.74) is 3.22. The van der Waals surface area contributed by atoms with Crippen LogP contribution >= 0.6 is 0 Å². The molecule has 1 fully saturated rings. The van der Waals surface area contributed by atoms with E-state index in [9.17, 15) is 4.79 Å². The van der Waals surface area contributed by atoms with E-state index in [1.807, 2.05) is 35.9 Å². The molecule has 4 rings (SSSR count). The first-order valence-electron chi connectivity index (χ1n) is 10.0. The summed E-state index contributed by atoms with van der Waals surface area (Å²) in [6.45, 7) is 2.69. The van der Waals surface area contributed by atoms with Crippen molar-refractivity contribution in [2.24, 2.45) is 13.0 Å². The van der Waals surface area contributed by atoms with E-state index in [2.05, 4.69) is 17.2 Å². The van der Waals surface area contributed by atoms with E-state index >= 15 is 0 Å². The minimum absolute atomic E-state index is 0.0692. The van der Waals surface area contributed by atoms with Crippen LogP contribution in [0.4, 0.5) is 0 Å². The molecule has 0 spiro atoms. The van der Waals surface area contributed by atoms with Gasteiger partial charge in [-0.05, 0) is 30.7 Å². The highest BCUT2D eigenvalue weighted by Gasteiger charge is 2.31. The van der Waals surface area contributed by atoms with Crippen LogP contribution in [0.5, 0.6) is 17.4 Å². The molecule has 30 heavy (non-hydrogen) atoms. The molecule has 3 heterocycles. The fraction of sp³-hybridized carbons (Fsp3) is 0.409. The number of carbonyl (C=O) groups excluding carboxylic acids is 1. The van der Waals surface area contributed by atoms with Crippen LogP contribution in [-0.2, 0) is 11.8 Å². The number of amides is 1. The van der Waals surface area contributed by atoms with Gasteiger partial charge in [-0.15, -0.1) is 0 Å². The lowest BCUT2D eigenvalue weighted by Crippen LogP contribution is -2.28. The number of carbonyl (C=O) groups is 1. The second-order valence-corrected chi connectivity index (χ2v) is 7.44. The van der Waals surface area contributed by atoms with Crippen LogP contribution in [0.2, 0.25) is 0 Å². The van der Waals surface area contributed by atoms with Crippen LogP contribution in [0.25, 0.3) is 22.3 Å². The number of nitrogens with one attached hydrogen (secondary N) is 1. The molecule has 3 aromatic rings. The van der Waals surface area contributed by atoms with E-state index in [0.29, 0.717) is 30.3 Å². The van der Waals surface area contributed by atoms with E-state index in [-0.39, 0.29) is 17.9 Å². The molecule has 158 valence electrons. The number of imidazole rings is 1. The van der Waals surface area contributed by atoms with Crippen LogP contribution in [0.3, 0.4) is 0 Å². The number of aromatic nitrogens is 3. The molecular weight excluding hydrogens is 384 g/mol. The molecule has 2 atom stereocenters. The van der Waals surface area contributed by atoms with E-state index in [1.54, 1.807) is 20.5 Å². The van der Waals surface area contributed by atoms with Gasteiger partial charge in [0, 0.05) is 31.5 Å². The molecule has 1 N–H and O–H groups in total. The number of nitrogens with zero attached hydrogens (tertiary/aromatic N) is 3. The molecular formula is C22H26N4O4. The molecule has 0 aliphatic carbocycles. The number of fused-ring (bicyclic) bond motifs is 1. The Morgan fingerprint density at radius 1 is 1.23 bits per heavy atom. The molecule has 8 nitrogen and oxygen atoms in total. The van der Waals surface area contributed by atoms with Gasteiger partial charge in [-0.3, -0.25) is 4.79 Å². The highest BCUT2D eigenvalue weighted by Crippen LogP contribution is 2.35. The fourth-order valence-corrected chi connectivity index (χ4v) is 3.91. The van der Waals surface area contributed by atoms with Crippen LogP contribution in [0, 0.1) is 5.92 Å². The third-order valence-electron chi connectivity index (χ3n) is 5.54. The molecule has 0 bridgehead atoms. The molecule has 8 heteroatoms. The van der Waals surface area contributed by atoms with Crippen molar-refractivity contribution in [2.45, 2.75) is 25.9 Å². The lowest BCUT2D eigenvalue weighted by molar-refractivity contribution is -0.119. The average molecular weight is 410 g/mol. The van der Waals surface area contributed by atoms with E-state index in [0.717, 1.165) is 28.7 Å². The summed E-state index contributed by atoms with van der Waals surface area (Å²) in [6.07, 6.45) is 2.89. The van der Waals surface area contributed by atoms with Gasteiger partial charge >= 0.3 is 0 Å². The average Bonchev–Trinajstić information content (AvgIpc) is 3.37. The predicted molar refractivity (Wildman–Crippen MR) is 113 cm³/mol. The number of rotatable bonds is 7. The normalized spacial score (nSPS) is 17.1. The number of benzene rings is 1.